The van der Waals surface area contributed by atoms with Gasteiger partial charge in [0.2, 0.25) is 0 Å². The second kappa shape index (κ2) is 7.60. The Morgan fingerprint density at radius 1 is 1.20 bits per heavy atom. The molecule has 0 amide bonds. The van der Waals surface area contributed by atoms with E-state index in [9.17, 15) is 0 Å². The Hall–Kier alpha value is -0.670. The summed E-state index contributed by atoms with van der Waals surface area (Å²) >= 11 is 1.89. The third kappa shape index (κ3) is 5.70. The van der Waals surface area contributed by atoms with E-state index >= 15 is 0 Å². The number of hydrogen-bond donors (Lipinski definition) is 1. The van der Waals surface area contributed by atoms with Crippen molar-refractivity contribution < 1.29 is 4.74 Å². The van der Waals surface area contributed by atoms with Crippen molar-refractivity contribution in [2.75, 3.05) is 24.7 Å². The molecule has 1 aromatic carbocycles. The van der Waals surface area contributed by atoms with Crippen LogP contribution < -0.4 is 10.5 Å². The van der Waals surface area contributed by atoms with Crippen molar-refractivity contribution in [1.29, 1.82) is 0 Å². The van der Waals surface area contributed by atoms with Crippen LogP contribution in [0.15, 0.2) is 24.3 Å². The molecule has 0 heterocycles. The topological polar surface area (TPSA) is 35.2 Å². The van der Waals surface area contributed by atoms with Gasteiger partial charge in [-0.2, -0.15) is 11.8 Å². The predicted octanol–water partition coefficient (Wildman–Crippen LogP) is 2.46. The first-order chi connectivity index (χ1) is 7.33. The summed E-state index contributed by atoms with van der Waals surface area (Å²) in [5.41, 5.74) is 6.66. The minimum atomic E-state index is 0.767. The highest BCUT2D eigenvalue weighted by atomic mass is 32.2. The van der Waals surface area contributed by atoms with Gasteiger partial charge in [-0.25, -0.2) is 0 Å². The van der Waals surface area contributed by atoms with Crippen molar-refractivity contribution in [3.05, 3.63) is 29.8 Å². The molecular weight excluding hydrogens is 206 g/mol. The fourth-order valence-electron chi connectivity index (χ4n) is 1.17. The molecule has 0 fully saturated rings. The first kappa shape index (κ1) is 12.4. The number of hydrogen-bond acceptors (Lipinski definition) is 3. The van der Waals surface area contributed by atoms with Crippen molar-refractivity contribution in [3.63, 3.8) is 0 Å². The van der Waals surface area contributed by atoms with Crippen molar-refractivity contribution >= 4 is 11.8 Å². The number of rotatable bonds is 7. The Kier molecular flexibility index (Phi) is 6.28. The lowest BCUT2D eigenvalue weighted by Gasteiger charge is -2.05. The van der Waals surface area contributed by atoms with Crippen LogP contribution in [0.3, 0.4) is 0 Å². The van der Waals surface area contributed by atoms with Gasteiger partial charge in [0, 0.05) is 12.3 Å². The predicted molar refractivity (Wildman–Crippen MR) is 67.7 cm³/mol. The standard InChI is InChI=1S/C12H19NOS/c1-11-3-5-12(6-4-11)14-8-2-9-15-10-7-13/h3-6H,2,7-10,13H2,1H3. The lowest BCUT2D eigenvalue weighted by molar-refractivity contribution is 0.318. The third-order valence-electron chi connectivity index (χ3n) is 1.98. The van der Waals surface area contributed by atoms with E-state index in [0.29, 0.717) is 0 Å². The number of benzene rings is 1. The van der Waals surface area contributed by atoms with E-state index in [2.05, 4.69) is 19.1 Å². The van der Waals surface area contributed by atoms with Crippen LogP contribution in [0.25, 0.3) is 0 Å². The SMILES string of the molecule is Cc1ccc(OCCCSCCN)cc1. The van der Waals surface area contributed by atoms with Crippen LogP contribution in [-0.2, 0) is 0 Å². The average Bonchev–Trinajstić information content (AvgIpc) is 2.26. The van der Waals surface area contributed by atoms with E-state index in [1.165, 1.54) is 5.56 Å². The molecule has 0 atom stereocenters. The third-order valence-corrected chi connectivity index (χ3v) is 3.09. The maximum absolute atomic E-state index is 5.60. The van der Waals surface area contributed by atoms with Gasteiger partial charge in [0.15, 0.2) is 0 Å². The first-order valence-electron chi connectivity index (χ1n) is 5.30. The monoisotopic (exact) mass is 225 g/mol. The summed E-state index contributed by atoms with van der Waals surface area (Å²) < 4.78 is 5.60. The molecule has 0 saturated heterocycles. The molecule has 3 heteroatoms. The van der Waals surface area contributed by atoms with E-state index in [-0.39, 0.29) is 0 Å². The van der Waals surface area contributed by atoms with E-state index in [4.69, 9.17) is 10.5 Å². The maximum atomic E-state index is 5.60. The summed E-state index contributed by atoms with van der Waals surface area (Å²) in [4.78, 5) is 0. The largest absolute Gasteiger partial charge is 0.494 e. The zero-order valence-electron chi connectivity index (χ0n) is 9.24. The zero-order valence-corrected chi connectivity index (χ0v) is 10.1. The van der Waals surface area contributed by atoms with Gasteiger partial charge in [-0.3, -0.25) is 0 Å². The van der Waals surface area contributed by atoms with Crippen molar-refractivity contribution in [1.82, 2.24) is 0 Å². The molecule has 1 aromatic rings. The van der Waals surface area contributed by atoms with Crippen LogP contribution in [0, 0.1) is 6.92 Å². The van der Waals surface area contributed by atoms with Gasteiger partial charge in [-0.1, -0.05) is 17.7 Å². The smallest absolute Gasteiger partial charge is 0.119 e. The van der Waals surface area contributed by atoms with E-state index in [0.717, 1.165) is 36.8 Å². The summed E-state index contributed by atoms with van der Waals surface area (Å²) in [5.74, 6) is 3.14. The van der Waals surface area contributed by atoms with E-state index in [1.807, 2.05) is 23.9 Å². The molecule has 1 rings (SSSR count). The molecule has 0 unspecified atom stereocenters. The minimum Gasteiger partial charge on any atom is -0.494 e. The Bertz CT molecular complexity index is 261. The highest BCUT2D eigenvalue weighted by Crippen LogP contribution is 2.12. The summed E-state index contributed by atoms with van der Waals surface area (Å²) in [5, 5.41) is 0. The molecule has 0 aliphatic heterocycles. The maximum Gasteiger partial charge on any atom is 0.119 e. The lowest BCUT2D eigenvalue weighted by atomic mass is 10.2. The molecule has 0 saturated carbocycles. The first-order valence-corrected chi connectivity index (χ1v) is 6.45. The van der Waals surface area contributed by atoms with E-state index < -0.39 is 0 Å². The van der Waals surface area contributed by atoms with Crippen LogP contribution in [-0.4, -0.2) is 24.7 Å². The van der Waals surface area contributed by atoms with Gasteiger partial charge in [0.1, 0.15) is 5.75 Å². The number of nitrogens with two attached hydrogens (primary N) is 1. The second-order valence-electron chi connectivity index (χ2n) is 3.42. The number of ether oxygens (including phenoxy) is 1. The molecule has 2 N–H and O–H groups in total. The summed E-state index contributed by atoms with van der Waals surface area (Å²) in [6, 6.07) is 8.17. The average molecular weight is 225 g/mol. The molecular formula is C12H19NOS. The Morgan fingerprint density at radius 2 is 1.93 bits per heavy atom. The van der Waals surface area contributed by atoms with Gasteiger partial charge in [-0.05, 0) is 31.2 Å². The number of aryl methyl sites for hydroxylation is 1. The molecule has 0 spiro atoms. The van der Waals surface area contributed by atoms with Crippen molar-refractivity contribution in [2.24, 2.45) is 5.73 Å². The summed E-state index contributed by atoms with van der Waals surface area (Å²) in [7, 11) is 0. The molecule has 0 radical (unpaired) electrons. The van der Waals surface area contributed by atoms with Crippen LogP contribution in [0.4, 0.5) is 0 Å². The molecule has 0 bridgehead atoms. The Balaban J connectivity index is 2.07. The molecule has 15 heavy (non-hydrogen) atoms. The van der Waals surface area contributed by atoms with Crippen LogP contribution in [0.2, 0.25) is 0 Å². The van der Waals surface area contributed by atoms with Gasteiger partial charge in [0.05, 0.1) is 6.61 Å². The lowest BCUT2D eigenvalue weighted by Crippen LogP contribution is -2.03. The molecule has 0 aliphatic rings. The molecule has 84 valence electrons. The fraction of sp³-hybridized carbons (Fsp3) is 0.500. The zero-order chi connectivity index (χ0) is 10.9. The van der Waals surface area contributed by atoms with Crippen LogP contribution >= 0.6 is 11.8 Å². The molecule has 0 aliphatic carbocycles. The Labute approximate surface area is 96.2 Å². The normalized spacial score (nSPS) is 10.3. The quantitative estimate of drug-likeness (QED) is 0.724. The highest BCUT2D eigenvalue weighted by molar-refractivity contribution is 7.99. The molecule has 2 nitrogen and oxygen atoms in total. The van der Waals surface area contributed by atoms with Crippen molar-refractivity contribution in [2.45, 2.75) is 13.3 Å². The molecule has 0 aromatic heterocycles. The summed E-state index contributed by atoms with van der Waals surface area (Å²) in [6.07, 6.45) is 1.08. The van der Waals surface area contributed by atoms with E-state index in [1.54, 1.807) is 0 Å². The minimum absolute atomic E-state index is 0.767. The van der Waals surface area contributed by atoms with Crippen LogP contribution in [0.5, 0.6) is 5.75 Å². The van der Waals surface area contributed by atoms with Gasteiger partial charge >= 0.3 is 0 Å². The van der Waals surface area contributed by atoms with Gasteiger partial charge < -0.3 is 10.5 Å². The van der Waals surface area contributed by atoms with Crippen LogP contribution in [0.1, 0.15) is 12.0 Å². The van der Waals surface area contributed by atoms with Gasteiger partial charge in [0.25, 0.3) is 0 Å². The summed E-state index contributed by atoms with van der Waals surface area (Å²) in [6.45, 7) is 3.64. The second-order valence-corrected chi connectivity index (χ2v) is 4.64. The fourth-order valence-corrected chi connectivity index (χ4v) is 1.86. The Morgan fingerprint density at radius 3 is 2.60 bits per heavy atom. The number of thioether (sulfide) groups is 1. The van der Waals surface area contributed by atoms with Crippen molar-refractivity contribution in [3.8, 4) is 5.75 Å². The van der Waals surface area contributed by atoms with Gasteiger partial charge in [-0.15, -0.1) is 0 Å². The highest BCUT2D eigenvalue weighted by Gasteiger charge is 1.93.